The molecule has 3 rings (SSSR count). The van der Waals surface area contributed by atoms with E-state index in [1.54, 1.807) is 6.20 Å². The van der Waals surface area contributed by atoms with Crippen LogP contribution in [0.1, 0.15) is 44.6 Å². The van der Waals surface area contributed by atoms with Crippen LogP contribution in [0.2, 0.25) is 0 Å². The first-order chi connectivity index (χ1) is 12.1. The van der Waals surface area contributed by atoms with E-state index in [0.29, 0.717) is 17.9 Å². The lowest BCUT2D eigenvalue weighted by atomic mass is 9.77. The van der Waals surface area contributed by atoms with E-state index < -0.39 is 0 Å². The number of pyridine rings is 1. The van der Waals surface area contributed by atoms with Crippen molar-refractivity contribution in [2.45, 2.75) is 51.6 Å². The summed E-state index contributed by atoms with van der Waals surface area (Å²) < 4.78 is 0. The number of piperidine rings is 1. The minimum Gasteiger partial charge on any atom is -0.337 e. The topological polar surface area (TPSA) is 48.5 Å². The predicted molar refractivity (Wildman–Crippen MR) is 100 cm³/mol. The fourth-order valence-electron chi connectivity index (χ4n) is 4.40. The number of nitrogens with one attached hydrogen (secondary N) is 1. The summed E-state index contributed by atoms with van der Waals surface area (Å²) >= 11 is 0. The van der Waals surface area contributed by atoms with Crippen LogP contribution >= 0.6 is 0 Å². The Morgan fingerprint density at radius 2 is 2.24 bits per heavy atom. The molecule has 1 atom stereocenters. The van der Waals surface area contributed by atoms with Crippen molar-refractivity contribution in [3.8, 4) is 0 Å². The molecule has 2 aliphatic heterocycles. The molecule has 3 heterocycles. The van der Waals surface area contributed by atoms with E-state index in [1.165, 1.54) is 12.8 Å². The van der Waals surface area contributed by atoms with Crippen LogP contribution in [-0.2, 0) is 11.3 Å². The Morgan fingerprint density at radius 1 is 1.44 bits per heavy atom. The molecular weight excluding hydrogens is 312 g/mol. The van der Waals surface area contributed by atoms with E-state index in [1.807, 2.05) is 12.3 Å². The molecule has 25 heavy (non-hydrogen) atoms. The van der Waals surface area contributed by atoms with Gasteiger partial charge >= 0.3 is 0 Å². The molecule has 5 nitrogen and oxygen atoms in total. The minimum absolute atomic E-state index is 0.0339. The molecule has 0 unspecified atom stereocenters. The van der Waals surface area contributed by atoms with E-state index in [0.717, 1.165) is 51.0 Å². The lowest BCUT2D eigenvalue weighted by Gasteiger charge is -2.33. The number of hydrogen-bond donors (Lipinski definition) is 1. The Balaban J connectivity index is 1.70. The molecule has 0 radical (unpaired) electrons. The van der Waals surface area contributed by atoms with E-state index in [9.17, 15) is 4.79 Å². The molecular formula is C20H32N4O. The molecule has 2 fully saturated rings. The zero-order valence-electron chi connectivity index (χ0n) is 15.7. The van der Waals surface area contributed by atoms with Crippen molar-refractivity contribution in [3.05, 3.63) is 30.1 Å². The Morgan fingerprint density at radius 3 is 2.92 bits per heavy atom. The number of aromatic nitrogens is 1. The van der Waals surface area contributed by atoms with E-state index in [-0.39, 0.29) is 6.04 Å². The summed E-state index contributed by atoms with van der Waals surface area (Å²) in [6, 6.07) is 4.04. The van der Waals surface area contributed by atoms with Crippen molar-refractivity contribution in [2.75, 3.05) is 33.2 Å². The Bertz CT molecular complexity index is 556. The Labute approximate surface area is 151 Å². The Kier molecular flexibility index (Phi) is 6.07. The highest BCUT2D eigenvalue weighted by Crippen LogP contribution is 2.41. The van der Waals surface area contributed by atoms with Crippen molar-refractivity contribution in [1.82, 2.24) is 20.1 Å². The summed E-state index contributed by atoms with van der Waals surface area (Å²) in [4.78, 5) is 21.9. The molecule has 2 aliphatic rings. The zero-order valence-corrected chi connectivity index (χ0v) is 15.7. The summed E-state index contributed by atoms with van der Waals surface area (Å²) in [6.07, 6.45) is 9.22. The minimum atomic E-state index is 0.0339. The monoisotopic (exact) mass is 344 g/mol. The molecule has 0 aromatic carbocycles. The van der Waals surface area contributed by atoms with Gasteiger partial charge in [0, 0.05) is 32.0 Å². The molecule has 5 heteroatoms. The largest absolute Gasteiger partial charge is 0.337 e. The SMILES string of the molecule is CCCCN(Cc1cccnc1)C(=O)[C@H]1CC2(CCNCC2)CN1C. The zero-order chi connectivity index (χ0) is 17.7. The second kappa shape index (κ2) is 8.28. The highest BCUT2D eigenvalue weighted by molar-refractivity contribution is 5.82. The van der Waals surface area contributed by atoms with Crippen LogP contribution in [0.15, 0.2) is 24.5 Å². The van der Waals surface area contributed by atoms with Gasteiger partial charge in [-0.2, -0.15) is 0 Å². The smallest absolute Gasteiger partial charge is 0.240 e. The second-order valence-electron chi connectivity index (χ2n) is 7.86. The molecule has 2 saturated heterocycles. The number of hydrogen-bond acceptors (Lipinski definition) is 4. The maximum Gasteiger partial charge on any atom is 0.240 e. The maximum atomic E-state index is 13.3. The highest BCUT2D eigenvalue weighted by Gasteiger charge is 2.46. The van der Waals surface area contributed by atoms with Gasteiger partial charge in [0.05, 0.1) is 6.04 Å². The normalized spacial score (nSPS) is 23.0. The van der Waals surface area contributed by atoms with Crippen molar-refractivity contribution in [3.63, 3.8) is 0 Å². The first kappa shape index (κ1) is 18.3. The van der Waals surface area contributed by atoms with Crippen molar-refractivity contribution < 1.29 is 4.79 Å². The lowest BCUT2D eigenvalue weighted by molar-refractivity contribution is -0.136. The van der Waals surface area contributed by atoms with Gasteiger partial charge in [-0.05, 0) is 62.9 Å². The number of carbonyl (C=O) groups excluding carboxylic acids is 1. The van der Waals surface area contributed by atoms with E-state index >= 15 is 0 Å². The fraction of sp³-hybridized carbons (Fsp3) is 0.700. The number of amides is 1. The molecule has 138 valence electrons. The van der Waals surface area contributed by atoms with Gasteiger partial charge in [0.1, 0.15) is 0 Å². The number of unbranched alkanes of at least 4 members (excludes halogenated alkanes) is 1. The van der Waals surface area contributed by atoms with Crippen LogP contribution in [0.4, 0.5) is 0 Å². The highest BCUT2D eigenvalue weighted by atomic mass is 16.2. The summed E-state index contributed by atoms with van der Waals surface area (Å²) in [5.41, 5.74) is 1.45. The average molecular weight is 345 g/mol. The number of nitrogens with zero attached hydrogens (tertiary/aromatic N) is 3. The molecule has 0 bridgehead atoms. The van der Waals surface area contributed by atoms with E-state index in [4.69, 9.17) is 0 Å². The van der Waals surface area contributed by atoms with Gasteiger partial charge in [-0.3, -0.25) is 14.7 Å². The summed E-state index contributed by atoms with van der Waals surface area (Å²) in [5, 5.41) is 3.46. The van der Waals surface area contributed by atoms with Crippen molar-refractivity contribution >= 4 is 5.91 Å². The third kappa shape index (κ3) is 4.39. The third-order valence-corrected chi connectivity index (χ3v) is 5.88. The Hall–Kier alpha value is -1.46. The van der Waals surface area contributed by atoms with Crippen LogP contribution in [-0.4, -0.2) is 60.0 Å². The third-order valence-electron chi connectivity index (χ3n) is 5.88. The number of likely N-dealkylation sites (N-methyl/N-ethyl adjacent to an activating group) is 1. The van der Waals surface area contributed by atoms with Crippen LogP contribution in [0, 0.1) is 5.41 Å². The summed E-state index contributed by atoms with van der Waals surface area (Å²) in [7, 11) is 2.13. The van der Waals surface area contributed by atoms with Gasteiger partial charge < -0.3 is 10.2 Å². The molecule has 1 N–H and O–H groups in total. The lowest BCUT2D eigenvalue weighted by Crippen LogP contribution is -2.44. The molecule has 1 spiro atoms. The quantitative estimate of drug-likeness (QED) is 0.860. The summed E-state index contributed by atoms with van der Waals surface area (Å²) in [6.45, 7) is 6.92. The summed E-state index contributed by atoms with van der Waals surface area (Å²) in [5.74, 6) is 0.301. The molecule has 0 saturated carbocycles. The molecule has 0 aliphatic carbocycles. The first-order valence-corrected chi connectivity index (χ1v) is 9.72. The fourth-order valence-corrected chi connectivity index (χ4v) is 4.40. The maximum absolute atomic E-state index is 13.3. The van der Waals surface area contributed by atoms with Gasteiger partial charge in [0.2, 0.25) is 5.91 Å². The van der Waals surface area contributed by atoms with Gasteiger partial charge in [0.15, 0.2) is 0 Å². The number of rotatable bonds is 6. The van der Waals surface area contributed by atoms with Crippen LogP contribution in [0.3, 0.4) is 0 Å². The van der Waals surface area contributed by atoms with E-state index in [2.05, 4.69) is 40.1 Å². The van der Waals surface area contributed by atoms with Gasteiger partial charge in [-0.1, -0.05) is 19.4 Å². The van der Waals surface area contributed by atoms with Gasteiger partial charge in [-0.25, -0.2) is 0 Å². The van der Waals surface area contributed by atoms with Crippen LogP contribution in [0.25, 0.3) is 0 Å². The predicted octanol–water partition coefficient (Wildman–Crippen LogP) is 2.28. The molecule has 1 aromatic rings. The van der Waals surface area contributed by atoms with Crippen LogP contribution in [0.5, 0.6) is 0 Å². The van der Waals surface area contributed by atoms with Crippen molar-refractivity contribution in [1.29, 1.82) is 0 Å². The van der Waals surface area contributed by atoms with Gasteiger partial charge in [-0.15, -0.1) is 0 Å². The standard InChI is InChI=1S/C20H32N4O/c1-3-4-12-24(15-17-6-5-9-22-14-17)19(25)18-13-20(16-23(18)2)7-10-21-11-8-20/h5-6,9,14,18,21H,3-4,7-8,10-13,15-16H2,1-2H3/t18-/m1/s1. The molecule has 1 aromatic heterocycles. The number of likely N-dealkylation sites (tertiary alicyclic amines) is 1. The van der Waals surface area contributed by atoms with Gasteiger partial charge in [0.25, 0.3) is 0 Å². The van der Waals surface area contributed by atoms with Crippen molar-refractivity contribution in [2.24, 2.45) is 5.41 Å². The number of carbonyl (C=O) groups is 1. The molecule has 1 amide bonds. The average Bonchev–Trinajstić information content (AvgIpc) is 2.95. The second-order valence-corrected chi connectivity index (χ2v) is 7.86. The first-order valence-electron chi connectivity index (χ1n) is 9.72. The van der Waals surface area contributed by atoms with Crippen LogP contribution < -0.4 is 5.32 Å².